The van der Waals surface area contributed by atoms with Gasteiger partial charge in [0.1, 0.15) is 0 Å². The minimum Gasteiger partial charge on any atom is -0.493 e. The smallest absolute Gasteiger partial charge is 0.203 e. The maximum absolute atomic E-state index is 5.50. The van der Waals surface area contributed by atoms with Crippen molar-refractivity contribution in [3.8, 4) is 17.2 Å². The molecule has 0 saturated heterocycles. The van der Waals surface area contributed by atoms with Crippen LogP contribution in [0.25, 0.3) is 0 Å². The quantitative estimate of drug-likeness (QED) is 0.823. The van der Waals surface area contributed by atoms with E-state index in [-0.39, 0.29) is 0 Å². The Balaban J connectivity index is 2.26. The lowest BCUT2D eigenvalue weighted by Crippen LogP contribution is -2.05. The number of hydrogen-bond donors (Lipinski definition) is 1. The molecule has 0 aliphatic heterocycles. The van der Waals surface area contributed by atoms with Crippen molar-refractivity contribution in [3.63, 3.8) is 0 Å². The van der Waals surface area contributed by atoms with E-state index in [1.807, 2.05) is 24.3 Å². The van der Waals surface area contributed by atoms with Crippen molar-refractivity contribution in [2.45, 2.75) is 13.5 Å². The lowest BCUT2D eigenvalue weighted by molar-refractivity contribution is 0.322. The van der Waals surface area contributed by atoms with E-state index >= 15 is 0 Å². The van der Waals surface area contributed by atoms with Crippen LogP contribution in [0.1, 0.15) is 11.1 Å². The van der Waals surface area contributed by atoms with E-state index in [1.165, 1.54) is 5.56 Å². The molecule has 0 heterocycles. The van der Waals surface area contributed by atoms with Crippen LogP contribution in [0.5, 0.6) is 17.2 Å². The van der Waals surface area contributed by atoms with Crippen molar-refractivity contribution in [3.05, 3.63) is 45.9 Å². The molecule has 0 fully saturated rings. The van der Waals surface area contributed by atoms with Crippen LogP contribution in [0, 0.1) is 6.92 Å². The Labute approximate surface area is 139 Å². The SMILES string of the molecule is COc1ccc(CNc2ccc(Br)cc2C)c(OC)c1OC. The third-order valence-electron chi connectivity index (χ3n) is 3.44. The molecule has 1 N–H and O–H groups in total. The first kappa shape index (κ1) is 16.5. The van der Waals surface area contributed by atoms with Gasteiger partial charge in [0, 0.05) is 22.3 Å². The van der Waals surface area contributed by atoms with Gasteiger partial charge < -0.3 is 19.5 Å². The summed E-state index contributed by atoms with van der Waals surface area (Å²) in [6, 6.07) is 10.00. The standard InChI is InChI=1S/C17H20BrNO3/c1-11-9-13(18)6-7-14(11)19-10-12-5-8-15(20-2)17(22-4)16(12)21-3/h5-9,19H,10H2,1-4H3. The van der Waals surface area contributed by atoms with Gasteiger partial charge in [0.15, 0.2) is 11.5 Å². The highest BCUT2D eigenvalue weighted by Crippen LogP contribution is 2.40. The average Bonchev–Trinajstić information content (AvgIpc) is 2.52. The molecule has 4 nitrogen and oxygen atoms in total. The molecule has 0 aliphatic carbocycles. The number of ether oxygens (including phenoxy) is 3. The zero-order chi connectivity index (χ0) is 16.1. The van der Waals surface area contributed by atoms with Gasteiger partial charge in [-0.3, -0.25) is 0 Å². The number of hydrogen-bond acceptors (Lipinski definition) is 4. The second kappa shape index (κ2) is 7.40. The van der Waals surface area contributed by atoms with Crippen LogP contribution in [-0.2, 0) is 6.54 Å². The van der Waals surface area contributed by atoms with Gasteiger partial charge in [-0.05, 0) is 42.8 Å². The summed E-state index contributed by atoms with van der Waals surface area (Å²) < 4.78 is 17.3. The van der Waals surface area contributed by atoms with Crippen LogP contribution < -0.4 is 19.5 Å². The first-order valence-corrected chi connectivity index (χ1v) is 7.67. The molecular formula is C17H20BrNO3. The summed E-state index contributed by atoms with van der Waals surface area (Å²) in [6.45, 7) is 2.70. The maximum Gasteiger partial charge on any atom is 0.203 e. The van der Waals surface area contributed by atoms with Gasteiger partial charge >= 0.3 is 0 Å². The minimum atomic E-state index is 0.608. The van der Waals surface area contributed by atoms with Crippen molar-refractivity contribution in [1.82, 2.24) is 0 Å². The second-order valence-corrected chi connectivity index (χ2v) is 5.72. The summed E-state index contributed by atoms with van der Waals surface area (Å²) in [4.78, 5) is 0. The summed E-state index contributed by atoms with van der Waals surface area (Å²) in [5.74, 6) is 1.95. The highest BCUT2D eigenvalue weighted by Gasteiger charge is 2.15. The first-order valence-electron chi connectivity index (χ1n) is 6.88. The minimum absolute atomic E-state index is 0.608. The van der Waals surface area contributed by atoms with E-state index < -0.39 is 0 Å². The molecule has 2 aromatic rings. The van der Waals surface area contributed by atoms with Gasteiger partial charge in [-0.1, -0.05) is 15.9 Å². The number of anilines is 1. The Bertz CT molecular complexity index is 659. The molecule has 0 unspecified atom stereocenters. The zero-order valence-corrected chi connectivity index (χ0v) is 14.8. The fraction of sp³-hybridized carbons (Fsp3) is 0.294. The van der Waals surface area contributed by atoms with Crippen molar-refractivity contribution < 1.29 is 14.2 Å². The molecule has 118 valence electrons. The molecule has 0 amide bonds. The molecule has 0 spiro atoms. The largest absolute Gasteiger partial charge is 0.493 e. The molecule has 0 atom stereocenters. The van der Waals surface area contributed by atoms with E-state index in [4.69, 9.17) is 14.2 Å². The van der Waals surface area contributed by atoms with E-state index in [1.54, 1.807) is 21.3 Å². The summed E-state index contributed by atoms with van der Waals surface area (Å²) in [5.41, 5.74) is 3.26. The van der Waals surface area contributed by atoms with Gasteiger partial charge in [-0.15, -0.1) is 0 Å². The predicted molar refractivity (Wildman–Crippen MR) is 92.3 cm³/mol. The van der Waals surface area contributed by atoms with Crippen molar-refractivity contribution in [1.29, 1.82) is 0 Å². The number of methoxy groups -OCH3 is 3. The number of rotatable bonds is 6. The van der Waals surface area contributed by atoms with Crippen LogP contribution in [-0.4, -0.2) is 21.3 Å². The van der Waals surface area contributed by atoms with Crippen molar-refractivity contribution in [2.75, 3.05) is 26.6 Å². The maximum atomic E-state index is 5.50. The van der Waals surface area contributed by atoms with Crippen LogP contribution in [0.15, 0.2) is 34.8 Å². The van der Waals surface area contributed by atoms with E-state index in [0.717, 1.165) is 15.7 Å². The van der Waals surface area contributed by atoms with Crippen molar-refractivity contribution in [2.24, 2.45) is 0 Å². The molecule has 0 radical (unpaired) electrons. The average molecular weight is 366 g/mol. The summed E-state index contributed by atoms with van der Waals surface area (Å²) in [6.07, 6.45) is 0. The molecule has 0 bridgehead atoms. The Morgan fingerprint density at radius 1 is 0.955 bits per heavy atom. The molecule has 2 rings (SSSR count). The molecule has 0 saturated carbocycles. The van der Waals surface area contributed by atoms with Gasteiger partial charge in [0.05, 0.1) is 21.3 Å². The fourth-order valence-electron chi connectivity index (χ4n) is 2.32. The summed E-state index contributed by atoms with van der Waals surface area (Å²) in [5, 5.41) is 3.42. The highest BCUT2D eigenvalue weighted by atomic mass is 79.9. The zero-order valence-electron chi connectivity index (χ0n) is 13.2. The molecule has 0 aliphatic rings. The summed E-state index contributed by atoms with van der Waals surface area (Å²) >= 11 is 3.47. The molecule has 22 heavy (non-hydrogen) atoms. The van der Waals surface area contributed by atoms with Gasteiger partial charge in [0.25, 0.3) is 0 Å². The van der Waals surface area contributed by atoms with Gasteiger partial charge in [-0.25, -0.2) is 0 Å². The van der Waals surface area contributed by atoms with Crippen LogP contribution in [0.2, 0.25) is 0 Å². The highest BCUT2D eigenvalue weighted by molar-refractivity contribution is 9.10. The Hall–Kier alpha value is -1.88. The second-order valence-electron chi connectivity index (χ2n) is 4.81. The van der Waals surface area contributed by atoms with Crippen LogP contribution >= 0.6 is 15.9 Å². The van der Waals surface area contributed by atoms with E-state index in [0.29, 0.717) is 23.8 Å². The number of halogens is 1. The molecular weight excluding hydrogens is 346 g/mol. The molecule has 5 heteroatoms. The van der Waals surface area contributed by atoms with E-state index in [9.17, 15) is 0 Å². The first-order chi connectivity index (χ1) is 10.6. The molecule has 2 aromatic carbocycles. The third kappa shape index (κ3) is 3.47. The number of aryl methyl sites for hydroxylation is 1. The Morgan fingerprint density at radius 2 is 1.68 bits per heavy atom. The van der Waals surface area contributed by atoms with E-state index in [2.05, 4.69) is 34.2 Å². The van der Waals surface area contributed by atoms with Crippen LogP contribution in [0.4, 0.5) is 5.69 Å². The van der Waals surface area contributed by atoms with Gasteiger partial charge in [0.2, 0.25) is 5.75 Å². The number of nitrogens with one attached hydrogen (secondary N) is 1. The predicted octanol–water partition coefficient (Wildman–Crippen LogP) is 4.40. The lowest BCUT2D eigenvalue weighted by atomic mass is 10.1. The monoisotopic (exact) mass is 365 g/mol. The topological polar surface area (TPSA) is 39.7 Å². The molecule has 0 aromatic heterocycles. The third-order valence-corrected chi connectivity index (χ3v) is 3.94. The Morgan fingerprint density at radius 3 is 2.27 bits per heavy atom. The van der Waals surface area contributed by atoms with Crippen molar-refractivity contribution >= 4 is 21.6 Å². The van der Waals surface area contributed by atoms with Gasteiger partial charge in [-0.2, -0.15) is 0 Å². The van der Waals surface area contributed by atoms with Crippen LogP contribution in [0.3, 0.4) is 0 Å². The fourth-order valence-corrected chi connectivity index (χ4v) is 2.79. The lowest BCUT2D eigenvalue weighted by Gasteiger charge is -2.17. The Kier molecular flexibility index (Phi) is 5.55. The summed E-state index contributed by atoms with van der Waals surface area (Å²) in [7, 11) is 4.85. The number of benzene rings is 2. The normalized spacial score (nSPS) is 10.2.